The van der Waals surface area contributed by atoms with E-state index in [0.717, 1.165) is 5.45 Å². The summed E-state index contributed by atoms with van der Waals surface area (Å²) in [6.45, 7) is 0. The first-order chi connectivity index (χ1) is 17.3. The van der Waals surface area contributed by atoms with E-state index in [4.69, 9.17) is 0 Å². The van der Waals surface area contributed by atoms with Gasteiger partial charge in [0, 0.05) is 29.7 Å². The molecule has 0 radical (unpaired) electrons. The lowest BCUT2D eigenvalue weighted by Gasteiger charge is -2.54. The lowest BCUT2D eigenvalue weighted by atomic mass is 9.90. The zero-order chi connectivity index (χ0) is 23.9. The number of rotatable bonds is 8. The zero-order valence-electron chi connectivity index (χ0n) is 22.2. The van der Waals surface area contributed by atoms with Gasteiger partial charge >= 0.3 is 0 Å². The van der Waals surface area contributed by atoms with Crippen LogP contribution in [0.1, 0.15) is 134 Å². The van der Waals surface area contributed by atoms with Crippen LogP contribution in [0.4, 0.5) is 0 Å². The fraction of sp³-hybridized carbons (Fsp3) is 0.774. The summed E-state index contributed by atoms with van der Waals surface area (Å²) < 4.78 is 6.12. The maximum absolute atomic E-state index is 9.87. The SMILES string of the molecule is N=C(c1ccccc1)P(N(C1CCCCC1)C1CCCCC1)N(C1CCCCC1)C1CCCCC1. The van der Waals surface area contributed by atoms with Crippen molar-refractivity contribution in [1.29, 1.82) is 5.41 Å². The molecule has 0 bridgehead atoms. The molecule has 1 N–H and O–H groups in total. The Labute approximate surface area is 216 Å². The molecule has 3 nitrogen and oxygen atoms in total. The second kappa shape index (κ2) is 13.2. The normalized spacial score (nSPS) is 24.4. The van der Waals surface area contributed by atoms with Gasteiger partial charge in [-0.15, -0.1) is 0 Å². The molecule has 35 heavy (non-hydrogen) atoms. The van der Waals surface area contributed by atoms with Gasteiger partial charge in [-0.25, -0.2) is 0 Å². The van der Waals surface area contributed by atoms with Gasteiger partial charge in [-0.3, -0.25) is 14.8 Å². The van der Waals surface area contributed by atoms with Crippen molar-refractivity contribution in [3.05, 3.63) is 35.9 Å². The van der Waals surface area contributed by atoms with E-state index in [-0.39, 0.29) is 0 Å². The number of hydrogen-bond acceptors (Lipinski definition) is 3. The molecule has 4 fully saturated rings. The van der Waals surface area contributed by atoms with Gasteiger partial charge in [0.2, 0.25) is 0 Å². The van der Waals surface area contributed by atoms with E-state index >= 15 is 0 Å². The molecule has 4 heteroatoms. The molecule has 4 aliphatic carbocycles. The summed E-state index contributed by atoms with van der Waals surface area (Å²) in [6.07, 6.45) is 27.7. The highest BCUT2D eigenvalue weighted by Crippen LogP contribution is 2.57. The largest absolute Gasteiger partial charge is 0.297 e. The molecule has 0 saturated heterocycles. The van der Waals surface area contributed by atoms with Gasteiger partial charge in [0.05, 0.1) is 13.7 Å². The van der Waals surface area contributed by atoms with Gasteiger partial charge in [-0.05, 0) is 51.4 Å². The van der Waals surface area contributed by atoms with Crippen molar-refractivity contribution in [2.75, 3.05) is 0 Å². The average molecular weight is 496 g/mol. The Kier molecular flexibility index (Phi) is 9.73. The molecular formula is C31H50N3P. The molecule has 0 atom stereocenters. The van der Waals surface area contributed by atoms with Crippen molar-refractivity contribution < 1.29 is 0 Å². The van der Waals surface area contributed by atoms with Crippen LogP contribution >= 0.6 is 8.22 Å². The van der Waals surface area contributed by atoms with Crippen LogP contribution in [0.5, 0.6) is 0 Å². The number of hydrogen-bond donors (Lipinski definition) is 1. The molecule has 0 unspecified atom stereocenters. The second-order valence-corrected chi connectivity index (χ2v) is 13.9. The number of benzene rings is 1. The first-order valence-electron chi connectivity index (χ1n) is 15.3. The van der Waals surface area contributed by atoms with E-state index in [2.05, 4.69) is 39.7 Å². The van der Waals surface area contributed by atoms with Crippen LogP contribution in [0.25, 0.3) is 0 Å². The fourth-order valence-electron chi connectivity index (χ4n) is 7.66. The van der Waals surface area contributed by atoms with E-state index in [9.17, 15) is 5.41 Å². The van der Waals surface area contributed by atoms with E-state index < -0.39 is 8.22 Å². The van der Waals surface area contributed by atoms with Crippen molar-refractivity contribution in [1.82, 2.24) is 9.34 Å². The minimum Gasteiger partial charge on any atom is -0.297 e. The monoisotopic (exact) mass is 495 g/mol. The quantitative estimate of drug-likeness (QED) is 0.288. The molecular weight excluding hydrogens is 445 g/mol. The summed E-state index contributed by atoms with van der Waals surface area (Å²) in [4.78, 5) is 0. The Morgan fingerprint density at radius 2 is 0.829 bits per heavy atom. The summed E-state index contributed by atoms with van der Waals surface area (Å²) >= 11 is 0. The average Bonchev–Trinajstić information content (AvgIpc) is 2.95. The third-order valence-electron chi connectivity index (χ3n) is 9.48. The smallest absolute Gasteiger partial charge is 0.0928 e. The third kappa shape index (κ3) is 6.39. The van der Waals surface area contributed by atoms with Gasteiger partial charge in [-0.1, -0.05) is 107 Å². The molecule has 4 aliphatic rings. The molecule has 4 saturated carbocycles. The van der Waals surface area contributed by atoms with Gasteiger partial charge < -0.3 is 0 Å². The van der Waals surface area contributed by atoms with Crippen molar-refractivity contribution in [3.8, 4) is 0 Å². The van der Waals surface area contributed by atoms with E-state index in [1.165, 1.54) is 134 Å². The van der Waals surface area contributed by atoms with Crippen LogP contribution < -0.4 is 0 Å². The predicted molar refractivity (Wildman–Crippen MR) is 151 cm³/mol. The molecule has 0 amide bonds. The van der Waals surface area contributed by atoms with E-state index in [1.54, 1.807) is 0 Å². The Morgan fingerprint density at radius 1 is 0.514 bits per heavy atom. The first-order valence-corrected chi connectivity index (χ1v) is 16.6. The van der Waals surface area contributed by atoms with Crippen LogP contribution in [0, 0.1) is 5.41 Å². The Balaban J connectivity index is 1.57. The third-order valence-corrected chi connectivity index (χ3v) is 12.3. The van der Waals surface area contributed by atoms with Crippen LogP contribution in [0.2, 0.25) is 0 Å². The van der Waals surface area contributed by atoms with E-state index in [0.29, 0.717) is 24.2 Å². The van der Waals surface area contributed by atoms with Crippen molar-refractivity contribution in [2.45, 2.75) is 153 Å². The Morgan fingerprint density at radius 3 is 1.14 bits per heavy atom. The maximum atomic E-state index is 9.87. The van der Waals surface area contributed by atoms with Crippen LogP contribution in [0.15, 0.2) is 30.3 Å². The molecule has 0 spiro atoms. The summed E-state index contributed by atoms with van der Waals surface area (Å²) in [5, 5.41) is 9.87. The Bertz CT molecular complexity index is 683. The molecule has 1 aromatic rings. The molecule has 0 heterocycles. The van der Waals surface area contributed by atoms with Crippen LogP contribution in [0.3, 0.4) is 0 Å². The second-order valence-electron chi connectivity index (χ2n) is 11.9. The van der Waals surface area contributed by atoms with Crippen LogP contribution in [-0.2, 0) is 0 Å². The van der Waals surface area contributed by atoms with Crippen molar-refractivity contribution >= 4 is 13.7 Å². The standard InChI is InChI=1S/C31H50N3P/c32-31(26-16-6-1-7-17-26)35(33(27-18-8-2-9-19-27)28-20-10-3-11-21-28)34(29-22-12-4-13-23-29)30-24-14-5-15-25-30/h1,6-7,16-17,27-30,32H,2-5,8-15,18-25H2. The predicted octanol–water partition coefficient (Wildman–Crippen LogP) is 9.26. The highest BCUT2D eigenvalue weighted by Gasteiger charge is 2.44. The summed E-state index contributed by atoms with van der Waals surface area (Å²) in [5.74, 6) is 0. The van der Waals surface area contributed by atoms with E-state index in [1.807, 2.05) is 0 Å². The lowest BCUT2D eigenvalue weighted by Crippen LogP contribution is -2.51. The molecule has 1 aromatic carbocycles. The highest BCUT2D eigenvalue weighted by molar-refractivity contribution is 7.71. The lowest BCUT2D eigenvalue weighted by molar-refractivity contribution is 0.136. The summed E-state index contributed by atoms with van der Waals surface area (Å²) in [5.41, 5.74) is 2.15. The topological polar surface area (TPSA) is 30.3 Å². The molecule has 0 aliphatic heterocycles. The molecule has 0 aromatic heterocycles. The molecule has 5 rings (SSSR count). The maximum Gasteiger partial charge on any atom is 0.0928 e. The van der Waals surface area contributed by atoms with Crippen molar-refractivity contribution in [2.24, 2.45) is 0 Å². The van der Waals surface area contributed by atoms with Crippen molar-refractivity contribution in [3.63, 3.8) is 0 Å². The minimum atomic E-state index is -0.766. The summed E-state index contributed by atoms with van der Waals surface area (Å²) in [6, 6.07) is 13.7. The van der Waals surface area contributed by atoms with Gasteiger partial charge in [0.1, 0.15) is 0 Å². The number of nitrogens with zero attached hydrogens (tertiary/aromatic N) is 2. The van der Waals surface area contributed by atoms with Gasteiger partial charge in [-0.2, -0.15) is 0 Å². The fourth-order valence-corrected chi connectivity index (χ4v) is 10.9. The molecule has 194 valence electrons. The zero-order valence-corrected chi connectivity index (χ0v) is 23.1. The van der Waals surface area contributed by atoms with Crippen LogP contribution in [-0.4, -0.2) is 39.0 Å². The van der Waals surface area contributed by atoms with Gasteiger partial charge in [0.15, 0.2) is 0 Å². The number of nitrogens with one attached hydrogen (secondary N) is 1. The Hall–Kier alpha value is -0.760. The minimum absolute atomic E-state index is 0.691. The summed E-state index contributed by atoms with van der Waals surface area (Å²) in [7, 11) is -0.766. The first kappa shape index (κ1) is 25.9. The highest BCUT2D eigenvalue weighted by atomic mass is 31.1. The van der Waals surface area contributed by atoms with Gasteiger partial charge in [0.25, 0.3) is 0 Å².